The summed E-state index contributed by atoms with van der Waals surface area (Å²) in [6, 6.07) is 3.53. The van der Waals surface area contributed by atoms with Crippen molar-refractivity contribution >= 4 is 0 Å². The maximum absolute atomic E-state index is 13.5. The summed E-state index contributed by atoms with van der Waals surface area (Å²) in [6.45, 7) is 0. The van der Waals surface area contributed by atoms with Gasteiger partial charge in [-0.15, -0.1) is 0 Å². The third kappa shape index (κ3) is 3.19. The van der Waals surface area contributed by atoms with Crippen molar-refractivity contribution in [3.63, 3.8) is 0 Å². The quantitative estimate of drug-likeness (QED) is 0.837. The van der Waals surface area contributed by atoms with Crippen molar-refractivity contribution in [2.45, 2.75) is 44.2 Å². The number of benzene rings is 1. The Bertz CT molecular complexity index is 397. The number of likely N-dealkylation sites (N-methyl/N-ethyl adjacent to an activating group) is 1. The normalized spacial score (nSPS) is 24.6. The standard InChI is InChI=1S/C14H19F2NO/c1-17-12-5-3-2-4-6-13(12)18-14-9-10(15)7-8-11(14)16/h7-9,12-13,17H,2-6H2,1H3. The summed E-state index contributed by atoms with van der Waals surface area (Å²) in [5, 5.41) is 3.21. The van der Waals surface area contributed by atoms with Crippen molar-refractivity contribution in [3.05, 3.63) is 29.8 Å². The fourth-order valence-corrected chi connectivity index (χ4v) is 2.48. The highest BCUT2D eigenvalue weighted by atomic mass is 19.1. The van der Waals surface area contributed by atoms with Crippen molar-refractivity contribution < 1.29 is 13.5 Å². The van der Waals surface area contributed by atoms with Crippen LogP contribution >= 0.6 is 0 Å². The lowest BCUT2D eigenvalue weighted by Gasteiger charge is -2.25. The molecule has 2 nitrogen and oxygen atoms in total. The molecule has 0 aromatic heterocycles. The van der Waals surface area contributed by atoms with Crippen LogP contribution in [0.25, 0.3) is 0 Å². The summed E-state index contributed by atoms with van der Waals surface area (Å²) in [7, 11) is 1.88. The fraction of sp³-hybridized carbons (Fsp3) is 0.571. The lowest BCUT2D eigenvalue weighted by molar-refractivity contribution is 0.142. The van der Waals surface area contributed by atoms with E-state index < -0.39 is 11.6 Å². The molecule has 0 bridgehead atoms. The molecular formula is C14H19F2NO. The molecule has 1 saturated carbocycles. The van der Waals surface area contributed by atoms with Crippen LogP contribution in [0.15, 0.2) is 18.2 Å². The lowest BCUT2D eigenvalue weighted by Crippen LogP contribution is -2.40. The van der Waals surface area contributed by atoms with Gasteiger partial charge in [-0.2, -0.15) is 0 Å². The highest BCUT2D eigenvalue weighted by molar-refractivity contribution is 5.25. The van der Waals surface area contributed by atoms with Crippen LogP contribution in [0.3, 0.4) is 0 Å². The molecule has 1 aromatic rings. The van der Waals surface area contributed by atoms with E-state index in [9.17, 15) is 8.78 Å². The molecular weight excluding hydrogens is 236 g/mol. The SMILES string of the molecule is CNC1CCCCCC1Oc1cc(F)ccc1F. The summed E-state index contributed by atoms with van der Waals surface area (Å²) >= 11 is 0. The second-order valence-corrected chi connectivity index (χ2v) is 4.76. The Morgan fingerprint density at radius 1 is 1.17 bits per heavy atom. The highest BCUT2D eigenvalue weighted by Crippen LogP contribution is 2.25. The molecule has 100 valence electrons. The molecule has 2 unspecified atom stereocenters. The van der Waals surface area contributed by atoms with E-state index in [0.29, 0.717) is 0 Å². The van der Waals surface area contributed by atoms with Gasteiger partial charge in [-0.05, 0) is 38.4 Å². The van der Waals surface area contributed by atoms with Gasteiger partial charge >= 0.3 is 0 Å². The Kier molecular flexibility index (Phi) is 4.53. The molecule has 4 heteroatoms. The van der Waals surface area contributed by atoms with Crippen molar-refractivity contribution in [1.29, 1.82) is 0 Å². The zero-order valence-electron chi connectivity index (χ0n) is 10.6. The number of hydrogen-bond acceptors (Lipinski definition) is 2. The van der Waals surface area contributed by atoms with E-state index in [-0.39, 0.29) is 17.9 Å². The van der Waals surface area contributed by atoms with E-state index in [1.165, 1.54) is 6.42 Å². The van der Waals surface area contributed by atoms with E-state index in [1.54, 1.807) is 0 Å². The predicted octanol–water partition coefficient (Wildman–Crippen LogP) is 3.26. The van der Waals surface area contributed by atoms with Gasteiger partial charge < -0.3 is 10.1 Å². The van der Waals surface area contributed by atoms with Gasteiger partial charge in [-0.25, -0.2) is 8.78 Å². The van der Waals surface area contributed by atoms with Gasteiger partial charge in [0.1, 0.15) is 11.9 Å². The van der Waals surface area contributed by atoms with Crippen LogP contribution in [-0.4, -0.2) is 19.2 Å². The Balaban J connectivity index is 2.12. The summed E-state index contributed by atoms with van der Waals surface area (Å²) in [5.74, 6) is -0.960. The number of hydrogen-bond donors (Lipinski definition) is 1. The molecule has 1 N–H and O–H groups in total. The van der Waals surface area contributed by atoms with Gasteiger partial charge in [0.05, 0.1) is 0 Å². The minimum atomic E-state index is -0.504. The van der Waals surface area contributed by atoms with Crippen LogP contribution in [0, 0.1) is 11.6 Å². The van der Waals surface area contributed by atoms with Crippen molar-refractivity contribution in [1.82, 2.24) is 5.32 Å². The van der Waals surface area contributed by atoms with Gasteiger partial charge in [0.2, 0.25) is 0 Å². The predicted molar refractivity (Wildman–Crippen MR) is 66.7 cm³/mol. The molecule has 0 heterocycles. The molecule has 0 radical (unpaired) electrons. The van der Waals surface area contributed by atoms with Gasteiger partial charge in [0.25, 0.3) is 0 Å². The van der Waals surface area contributed by atoms with Crippen LogP contribution < -0.4 is 10.1 Å². The summed E-state index contributed by atoms with van der Waals surface area (Å²) in [4.78, 5) is 0. The molecule has 2 rings (SSSR count). The van der Waals surface area contributed by atoms with E-state index in [0.717, 1.165) is 43.9 Å². The fourth-order valence-electron chi connectivity index (χ4n) is 2.48. The van der Waals surface area contributed by atoms with E-state index in [2.05, 4.69) is 5.32 Å². The molecule has 1 aliphatic rings. The van der Waals surface area contributed by atoms with Gasteiger partial charge in [-0.3, -0.25) is 0 Å². The second-order valence-electron chi connectivity index (χ2n) is 4.76. The van der Waals surface area contributed by atoms with E-state index in [4.69, 9.17) is 4.74 Å². The minimum absolute atomic E-state index is 0.0159. The smallest absolute Gasteiger partial charge is 0.165 e. The molecule has 0 spiro atoms. The van der Waals surface area contributed by atoms with Crippen LogP contribution in [0.5, 0.6) is 5.75 Å². The van der Waals surface area contributed by atoms with Crippen LogP contribution in [0.2, 0.25) is 0 Å². The summed E-state index contributed by atoms with van der Waals surface area (Å²) in [5.41, 5.74) is 0. The average molecular weight is 255 g/mol. The lowest BCUT2D eigenvalue weighted by atomic mass is 10.1. The molecule has 0 aliphatic heterocycles. The molecule has 1 aliphatic carbocycles. The Morgan fingerprint density at radius 3 is 2.72 bits per heavy atom. The minimum Gasteiger partial charge on any atom is -0.486 e. The molecule has 1 aromatic carbocycles. The molecule has 0 saturated heterocycles. The van der Waals surface area contributed by atoms with E-state index in [1.807, 2.05) is 7.05 Å². The zero-order valence-corrected chi connectivity index (χ0v) is 10.6. The maximum Gasteiger partial charge on any atom is 0.165 e. The number of rotatable bonds is 3. The summed E-state index contributed by atoms with van der Waals surface area (Å²) in [6.07, 6.45) is 5.19. The third-order valence-electron chi connectivity index (χ3n) is 3.49. The molecule has 0 amide bonds. The summed E-state index contributed by atoms with van der Waals surface area (Å²) < 4.78 is 32.3. The van der Waals surface area contributed by atoms with Crippen LogP contribution in [0.4, 0.5) is 8.78 Å². The van der Waals surface area contributed by atoms with Crippen LogP contribution in [-0.2, 0) is 0 Å². The largest absolute Gasteiger partial charge is 0.486 e. The molecule has 18 heavy (non-hydrogen) atoms. The zero-order chi connectivity index (χ0) is 13.0. The van der Waals surface area contributed by atoms with Gasteiger partial charge in [0, 0.05) is 12.1 Å². The first-order chi connectivity index (χ1) is 8.70. The van der Waals surface area contributed by atoms with Gasteiger partial charge in [-0.1, -0.05) is 12.8 Å². The van der Waals surface area contributed by atoms with Crippen molar-refractivity contribution in [2.24, 2.45) is 0 Å². The second kappa shape index (κ2) is 6.14. The topological polar surface area (TPSA) is 21.3 Å². The first-order valence-corrected chi connectivity index (χ1v) is 6.49. The van der Waals surface area contributed by atoms with E-state index >= 15 is 0 Å². The number of halogens is 2. The average Bonchev–Trinajstić information content (AvgIpc) is 2.59. The Morgan fingerprint density at radius 2 is 1.94 bits per heavy atom. The maximum atomic E-state index is 13.5. The highest BCUT2D eigenvalue weighted by Gasteiger charge is 2.24. The number of nitrogens with one attached hydrogen (secondary N) is 1. The third-order valence-corrected chi connectivity index (χ3v) is 3.49. The van der Waals surface area contributed by atoms with Crippen LogP contribution in [0.1, 0.15) is 32.1 Å². The molecule has 2 atom stereocenters. The van der Waals surface area contributed by atoms with Crippen molar-refractivity contribution in [2.75, 3.05) is 7.05 Å². The molecule has 1 fully saturated rings. The number of ether oxygens (including phenoxy) is 1. The Labute approximate surface area is 106 Å². The Hall–Kier alpha value is -1.16. The first-order valence-electron chi connectivity index (χ1n) is 6.49. The van der Waals surface area contributed by atoms with Crippen molar-refractivity contribution in [3.8, 4) is 5.75 Å². The van der Waals surface area contributed by atoms with Gasteiger partial charge in [0.15, 0.2) is 11.6 Å². The first kappa shape index (κ1) is 13.3. The monoisotopic (exact) mass is 255 g/mol.